The minimum absolute atomic E-state index is 0.108. The summed E-state index contributed by atoms with van der Waals surface area (Å²) >= 11 is 1.48. The van der Waals surface area contributed by atoms with E-state index in [9.17, 15) is 9.90 Å². The Hall–Kier alpha value is -2.31. The Morgan fingerprint density at radius 3 is 2.73 bits per heavy atom. The van der Waals surface area contributed by atoms with Gasteiger partial charge >= 0.3 is 0 Å². The highest BCUT2D eigenvalue weighted by Gasteiger charge is 2.23. The van der Waals surface area contributed by atoms with E-state index in [1.165, 1.54) is 11.3 Å². The van der Waals surface area contributed by atoms with Gasteiger partial charge in [-0.25, -0.2) is 0 Å². The van der Waals surface area contributed by atoms with Crippen molar-refractivity contribution in [1.29, 1.82) is 0 Å². The lowest BCUT2D eigenvalue weighted by molar-refractivity contribution is 0.0632. The van der Waals surface area contributed by atoms with Gasteiger partial charge in [-0.3, -0.25) is 9.69 Å². The van der Waals surface area contributed by atoms with Crippen molar-refractivity contribution in [3.63, 3.8) is 0 Å². The number of phenolic OH excluding ortho intramolecular Hbond substituents is 1. The molecule has 1 aromatic heterocycles. The number of hydrogen-bond acceptors (Lipinski definition) is 5. The SMILES string of the molecule is C=CCc1cc(CN2CCN(C(=O)c3cccs3)CC2)c(O)c(OC)c1. The number of benzene rings is 1. The minimum Gasteiger partial charge on any atom is -0.504 e. The third-order valence-corrected chi connectivity index (χ3v) is 5.46. The number of methoxy groups -OCH3 is 1. The molecule has 138 valence electrons. The van der Waals surface area contributed by atoms with E-state index < -0.39 is 0 Å². The zero-order valence-corrected chi connectivity index (χ0v) is 15.8. The Kier molecular flexibility index (Phi) is 5.96. The summed E-state index contributed by atoms with van der Waals surface area (Å²) in [5, 5.41) is 12.4. The van der Waals surface area contributed by atoms with Crippen molar-refractivity contribution in [2.45, 2.75) is 13.0 Å². The van der Waals surface area contributed by atoms with Crippen molar-refractivity contribution < 1.29 is 14.6 Å². The number of carbonyl (C=O) groups is 1. The molecule has 0 saturated carbocycles. The summed E-state index contributed by atoms with van der Waals surface area (Å²) in [6, 6.07) is 7.62. The molecule has 1 N–H and O–H groups in total. The van der Waals surface area contributed by atoms with Gasteiger partial charge in [0.2, 0.25) is 0 Å². The first-order chi connectivity index (χ1) is 12.6. The summed E-state index contributed by atoms with van der Waals surface area (Å²) in [6.45, 7) is 7.36. The fourth-order valence-corrected chi connectivity index (χ4v) is 3.89. The monoisotopic (exact) mass is 372 g/mol. The van der Waals surface area contributed by atoms with Crippen molar-refractivity contribution in [3.8, 4) is 11.5 Å². The van der Waals surface area contributed by atoms with Crippen molar-refractivity contribution in [3.05, 3.63) is 58.3 Å². The van der Waals surface area contributed by atoms with Gasteiger partial charge in [-0.2, -0.15) is 0 Å². The van der Waals surface area contributed by atoms with E-state index >= 15 is 0 Å². The maximum atomic E-state index is 12.4. The summed E-state index contributed by atoms with van der Waals surface area (Å²) in [4.78, 5) is 17.4. The maximum Gasteiger partial charge on any atom is 0.264 e. The quantitative estimate of drug-likeness (QED) is 0.792. The molecule has 1 aromatic carbocycles. The molecule has 0 unspecified atom stereocenters. The minimum atomic E-state index is 0.108. The number of rotatable bonds is 6. The summed E-state index contributed by atoms with van der Waals surface area (Å²) in [5.74, 6) is 0.792. The number of ether oxygens (including phenoxy) is 1. The van der Waals surface area contributed by atoms with Gasteiger partial charge in [-0.15, -0.1) is 17.9 Å². The van der Waals surface area contributed by atoms with Crippen LogP contribution in [-0.4, -0.2) is 54.1 Å². The van der Waals surface area contributed by atoms with Crippen LogP contribution in [0.25, 0.3) is 0 Å². The molecular weight excluding hydrogens is 348 g/mol. The number of hydrogen-bond donors (Lipinski definition) is 1. The van der Waals surface area contributed by atoms with Gasteiger partial charge in [-0.1, -0.05) is 18.2 Å². The van der Waals surface area contributed by atoms with Gasteiger partial charge in [0.1, 0.15) is 0 Å². The fourth-order valence-electron chi connectivity index (χ4n) is 3.20. The normalized spacial score (nSPS) is 15.0. The molecule has 0 spiro atoms. The van der Waals surface area contributed by atoms with Gasteiger partial charge in [0, 0.05) is 38.3 Å². The average molecular weight is 372 g/mol. The Morgan fingerprint density at radius 1 is 1.35 bits per heavy atom. The number of piperazine rings is 1. The zero-order chi connectivity index (χ0) is 18.5. The molecule has 0 bridgehead atoms. The van der Waals surface area contributed by atoms with Gasteiger partial charge in [0.05, 0.1) is 12.0 Å². The molecule has 0 atom stereocenters. The van der Waals surface area contributed by atoms with E-state index in [-0.39, 0.29) is 11.7 Å². The van der Waals surface area contributed by atoms with Crippen LogP contribution < -0.4 is 4.74 Å². The molecule has 5 nitrogen and oxygen atoms in total. The number of carbonyl (C=O) groups excluding carboxylic acids is 1. The summed E-state index contributed by atoms with van der Waals surface area (Å²) in [7, 11) is 1.56. The lowest BCUT2D eigenvalue weighted by Gasteiger charge is -2.34. The molecule has 1 fully saturated rings. The van der Waals surface area contributed by atoms with Crippen LogP contribution in [0, 0.1) is 0 Å². The molecule has 2 aromatic rings. The van der Waals surface area contributed by atoms with E-state index in [1.54, 1.807) is 7.11 Å². The number of thiophene rings is 1. The van der Waals surface area contributed by atoms with Crippen LogP contribution in [0.15, 0.2) is 42.3 Å². The van der Waals surface area contributed by atoms with Crippen molar-refractivity contribution >= 4 is 17.2 Å². The Bertz CT molecular complexity index is 766. The van der Waals surface area contributed by atoms with E-state index in [0.29, 0.717) is 25.4 Å². The summed E-state index contributed by atoms with van der Waals surface area (Å²) < 4.78 is 5.30. The maximum absolute atomic E-state index is 12.4. The van der Waals surface area contributed by atoms with Gasteiger partial charge < -0.3 is 14.7 Å². The van der Waals surface area contributed by atoms with E-state index in [4.69, 9.17) is 4.74 Å². The second-order valence-electron chi connectivity index (χ2n) is 6.34. The standard InChI is InChI=1S/C20H24N2O3S/c1-3-5-15-12-16(19(23)17(13-15)25-2)14-21-7-9-22(10-8-21)20(24)18-6-4-11-26-18/h3-4,6,11-13,23H,1,5,7-10,14H2,2H3. The first-order valence-corrected chi connectivity index (χ1v) is 9.55. The largest absolute Gasteiger partial charge is 0.504 e. The highest BCUT2D eigenvalue weighted by molar-refractivity contribution is 7.12. The smallest absolute Gasteiger partial charge is 0.264 e. The molecule has 0 aliphatic carbocycles. The van der Waals surface area contributed by atoms with E-state index in [1.807, 2.05) is 40.6 Å². The number of amides is 1. The van der Waals surface area contributed by atoms with Crippen LogP contribution in [0.1, 0.15) is 20.8 Å². The van der Waals surface area contributed by atoms with Crippen LogP contribution in [0.4, 0.5) is 0 Å². The van der Waals surface area contributed by atoms with E-state index in [0.717, 1.165) is 35.5 Å². The number of phenols is 1. The van der Waals surface area contributed by atoms with Crippen LogP contribution in [-0.2, 0) is 13.0 Å². The van der Waals surface area contributed by atoms with Crippen LogP contribution >= 0.6 is 11.3 Å². The summed E-state index contributed by atoms with van der Waals surface area (Å²) in [5.41, 5.74) is 1.91. The van der Waals surface area contributed by atoms with Gasteiger partial charge in [0.15, 0.2) is 11.5 Å². The molecule has 1 aliphatic heterocycles. The molecule has 6 heteroatoms. The molecule has 3 rings (SSSR count). The topological polar surface area (TPSA) is 53.0 Å². The Labute approximate surface area is 158 Å². The molecule has 1 saturated heterocycles. The van der Waals surface area contributed by atoms with Gasteiger partial charge in [-0.05, 0) is 29.5 Å². The number of nitrogens with zero attached hydrogens (tertiary/aromatic N) is 2. The van der Waals surface area contributed by atoms with Crippen LogP contribution in [0.3, 0.4) is 0 Å². The lowest BCUT2D eigenvalue weighted by atomic mass is 10.0. The van der Waals surface area contributed by atoms with Crippen molar-refractivity contribution in [2.75, 3.05) is 33.3 Å². The summed E-state index contributed by atoms with van der Waals surface area (Å²) in [6.07, 6.45) is 2.57. The molecule has 0 radical (unpaired) electrons. The van der Waals surface area contributed by atoms with Gasteiger partial charge in [0.25, 0.3) is 5.91 Å². The first-order valence-electron chi connectivity index (χ1n) is 8.67. The highest BCUT2D eigenvalue weighted by Crippen LogP contribution is 2.33. The van der Waals surface area contributed by atoms with Crippen molar-refractivity contribution in [1.82, 2.24) is 9.80 Å². The fraction of sp³-hybridized carbons (Fsp3) is 0.350. The van der Waals surface area contributed by atoms with E-state index in [2.05, 4.69) is 11.5 Å². The number of aromatic hydroxyl groups is 1. The molecular formula is C20H24N2O3S. The highest BCUT2D eigenvalue weighted by atomic mass is 32.1. The van der Waals surface area contributed by atoms with Crippen LogP contribution in [0.5, 0.6) is 11.5 Å². The predicted molar refractivity (Wildman–Crippen MR) is 104 cm³/mol. The van der Waals surface area contributed by atoms with Crippen LogP contribution in [0.2, 0.25) is 0 Å². The Morgan fingerprint density at radius 2 is 2.12 bits per heavy atom. The number of allylic oxidation sites excluding steroid dienone is 1. The lowest BCUT2D eigenvalue weighted by Crippen LogP contribution is -2.48. The molecule has 1 aliphatic rings. The third kappa shape index (κ3) is 4.08. The first kappa shape index (κ1) is 18.5. The predicted octanol–water partition coefficient (Wildman–Crippen LogP) is 3.15. The zero-order valence-electron chi connectivity index (χ0n) is 15.0. The second kappa shape index (κ2) is 8.38. The Balaban J connectivity index is 1.65. The molecule has 2 heterocycles. The average Bonchev–Trinajstić information content (AvgIpc) is 3.19. The third-order valence-electron chi connectivity index (χ3n) is 4.60. The molecule has 1 amide bonds. The van der Waals surface area contributed by atoms with Crippen molar-refractivity contribution in [2.24, 2.45) is 0 Å². The molecule has 26 heavy (non-hydrogen) atoms. The second-order valence-corrected chi connectivity index (χ2v) is 7.29.